The molecule has 1 aliphatic rings. The molecule has 1 fully saturated rings. The summed E-state index contributed by atoms with van der Waals surface area (Å²) >= 11 is 0. The van der Waals surface area contributed by atoms with Gasteiger partial charge in [0.1, 0.15) is 17.0 Å². The van der Waals surface area contributed by atoms with Crippen molar-refractivity contribution < 1.29 is 0 Å². The van der Waals surface area contributed by atoms with Gasteiger partial charge in [-0.15, -0.1) is 0 Å². The summed E-state index contributed by atoms with van der Waals surface area (Å²) in [5, 5.41) is 10.1. The molecule has 0 radical (unpaired) electrons. The van der Waals surface area contributed by atoms with Crippen LogP contribution in [0.3, 0.4) is 0 Å². The molecule has 4 aromatic rings. The van der Waals surface area contributed by atoms with Crippen molar-refractivity contribution in [3.8, 4) is 17.5 Å². The Kier molecular flexibility index (Phi) is 3.93. The van der Waals surface area contributed by atoms with Crippen molar-refractivity contribution >= 4 is 28.0 Å². The quantitative estimate of drug-likeness (QED) is 0.566. The molecule has 8 heteroatoms. The van der Waals surface area contributed by atoms with Crippen LogP contribution in [0.5, 0.6) is 0 Å². The summed E-state index contributed by atoms with van der Waals surface area (Å²) in [6.07, 6.45) is 12.0. The Balaban J connectivity index is 1.68. The monoisotopic (exact) mass is 372 g/mol. The molecule has 0 atom stereocenters. The van der Waals surface area contributed by atoms with Gasteiger partial charge in [0.05, 0.1) is 23.3 Å². The predicted octanol–water partition coefficient (Wildman–Crippen LogP) is 3.60. The molecule has 0 amide bonds. The standard InChI is InChI=1S/C20H20N8/c21-7-5-12-1-3-14(4-2-12)28-17-15-6-8-23-18(15)24-11-16(17)27-19(28)13-9-25-20(22)26-10-13/h6,8-12,14H,1-5H2,(H,23,24)(H2,22,25,26)/t12-,14-. The van der Waals surface area contributed by atoms with Crippen LogP contribution in [0.1, 0.15) is 38.1 Å². The highest BCUT2D eigenvalue weighted by atomic mass is 15.1. The molecule has 0 aliphatic heterocycles. The summed E-state index contributed by atoms with van der Waals surface area (Å²) in [6.45, 7) is 0. The van der Waals surface area contributed by atoms with E-state index in [0.717, 1.165) is 59.1 Å². The lowest BCUT2D eigenvalue weighted by Gasteiger charge is -2.29. The minimum absolute atomic E-state index is 0.248. The third kappa shape index (κ3) is 2.67. The smallest absolute Gasteiger partial charge is 0.219 e. The number of rotatable bonds is 3. The highest BCUT2D eigenvalue weighted by Gasteiger charge is 2.27. The van der Waals surface area contributed by atoms with E-state index in [1.165, 1.54) is 0 Å². The van der Waals surface area contributed by atoms with Crippen LogP contribution in [-0.2, 0) is 0 Å². The lowest BCUT2D eigenvalue weighted by molar-refractivity contribution is 0.283. The number of hydrogen-bond acceptors (Lipinski definition) is 6. The Morgan fingerprint density at radius 3 is 2.68 bits per heavy atom. The number of pyridine rings is 1. The van der Waals surface area contributed by atoms with Gasteiger partial charge in [-0.25, -0.2) is 19.9 Å². The van der Waals surface area contributed by atoms with E-state index in [-0.39, 0.29) is 5.95 Å². The van der Waals surface area contributed by atoms with Crippen LogP contribution in [0, 0.1) is 17.2 Å². The van der Waals surface area contributed by atoms with Gasteiger partial charge in [-0.05, 0) is 37.7 Å². The van der Waals surface area contributed by atoms with Gasteiger partial charge >= 0.3 is 0 Å². The molecule has 0 saturated heterocycles. The van der Waals surface area contributed by atoms with Gasteiger partial charge in [-0.1, -0.05) is 0 Å². The molecule has 0 unspecified atom stereocenters. The number of anilines is 1. The number of aromatic nitrogens is 6. The van der Waals surface area contributed by atoms with Crippen LogP contribution in [-0.4, -0.2) is 29.5 Å². The van der Waals surface area contributed by atoms with Crippen LogP contribution >= 0.6 is 0 Å². The number of fused-ring (bicyclic) bond motifs is 3. The van der Waals surface area contributed by atoms with E-state index in [0.29, 0.717) is 18.4 Å². The van der Waals surface area contributed by atoms with Crippen molar-refractivity contribution in [3.05, 3.63) is 30.9 Å². The number of nitriles is 1. The van der Waals surface area contributed by atoms with Crippen LogP contribution in [0.4, 0.5) is 5.95 Å². The number of nitrogen functional groups attached to an aromatic ring is 1. The summed E-state index contributed by atoms with van der Waals surface area (Å²) in [7, 11) is 0. The molecule has 1 saturated carbocycles. The van der Waals surface area contributed by atoms with Crippen molar-refractivity contribution in [2.24, 2.45) is 5.92 Å². The van der Waals surface area contributed by atoms with E-state index in [1.54, 1.807) is 12.4 Å². The average Bonchev–Trinajstić information content (AvgIpc) is 3.33. The lowest BCUT2D eigenvalue weighted by atomic mass is 9.84. The van der Waals surface area contributed by atoms with E-state index in [2.05, 4.69) is 30.6 Å². The van der Waals surface area contributed by atoms with Gasteiger partial charge in [0.25, 0.3) is 0 Å². The Hall–Kier alpha value is -3.47. The average molecular weight is 372 g/mol. The van der Waals surface area contributed by atoms with Crippen molar-refractivity contribution in [1.82, 2.24) is 29.5 Å². The molecule has 0 spiro atoms. The lowest BCUT2D eigenvalue weighted by Crippen LogP contribution is -2.19. The number of nitrogens with zero attached hydrogens (tertiary/aromatic N) is 6. The van der Waals surface area contributed by atoms with Crippen LogP contribution in [0.2, 0.25) is 0 Å². The van der Waals surface area contributed by atoms with Crippen LogP contribution in [0.25, 0.3) is 33.5 Å². The molecule has 28 heavy (non-hydrogen) atoms. The van der Waals surface area contributed by atoms with Crippen molar-refractivity contribution in [1.29, 1.82) is 5.26 Å². The first kappa shape index (κ1) is 16.7. The maximum atomic E-state index is 9.02. The van der Waals surface area contributed by atoms with E-state index < -0.39 is 0 Å². The number of nitrogens with two attached hydrogens (primary N) is 1. The van der Waals surface area contributed by atoms with Crippen molar-refractivity contribution in [3.63, 3.8) is 0 Å². The number of imidazole rings is 1. The first-order valence-electron chi connectivity index (χ1n) is 9.53. The Morgan fingerprint density at radius 2 is 1.93 bits per heavy atom. The second-order valence-electron chi connectivity index (χ2n) is 7.40. The minimum atomic E-state index is 0.248. The number of aromatic amines is 1. The third-order valence-corrected chi connectivity index (χ3v) is 5.73. The fourth-order valence-electron chi connectivity index (χ4n) is 4.34. The highest BCUT2D eigenvalue weighted by Crippen LogP contribution is 2.39. The van der Waals surface area contributed by atoms with Crippen LogP contribution < -0.4 is 5.73 Å². The zero-order chi connectivity index (χ0) is 19.1. The molecular formula is C20H20N8. The first-order valence-corrected chi connectivity index (χ1v) is 9.53. The minimum Gasteiger partial charge on any atom is -0.368 e. The topological polar surface area (TPSA) is 122 Å². The van der Waals surface area contributed by atoms with Gasteiger partial charge in [-0.3, -0.25) is 0 Å². The third-order valence-electron chi connectivity index (χ3n) is 5.73. The zero-order valence-electron chi connectivity index (χ0n) is 15.3. The molecule has 4 aromatic heterocycles. The molecule has 3 N–H and O–H groups in total. The molecule has 1 aliphatic carbocycles. The maximum absolute atomic E-state index is 9.02. The van der Waals surface area contributed by atoms with E-state index in [1.807, 2.05) is 18.5 Å². The fraction of sp³-hybridized carbons (Fsp3) is 0.350. The summed E-state index contributed by atoms with van der Waals surface area (Å²) < 4.78 is 2.32. The summed E-state index contributed by atoms with van der Waals surface area (Å²) in [5.74, 6) is 1.58. The summed E-state index contributed by atoms with van der Waals surface area (Å²) in [4.78, 5) is 20.9. The zero-order valence-corrected chi connectivity index (χ0v) is 15.3. The van der Waals surface area contributed by atoms with E-state index in [9.17, 15) is 0 Å². The second kappa shape index (κ2) is 6.60. The molecule has 0 bridgehead atoms. The molecule has 4 heterocycles. The highest BCUT2D eigenvalue weighted by molar-refractivity contribution is 6.02. The van der Waals surface area contributed by atoms with Crippen molar-refractivity contribution in [2.45, 2.75) is 38.1 Å². The van der Waals surface area contributed by atoms with Crippen molar-refractivity contribution in [2.75, 3.05) is 5.73 Å². The Morgan fingerprint density at radius 1 is 1.14 bits per heavy atom. The molecule has 0 aromatic carbocycles. The molecule has 140 valence electrons. The van der Waals surface area contributed by atoms with Gasteiger partial charge < -0.3 is 15.3 Å². The SMILES string of the molecule is N#CC[C@H]1CC[C@H](n2c(-c3cnc(N)nc3)nc3cnc4[nH]ccc4c32)CC1. The van der Waals surface area contributed by atoms with Gasteiger partial charge in [0.15, 0.2) is 0 Å². The normalized spacial score (nSPS) is 19.8. The van der Waals surface area contributed by atoms with E-state index in [4.69, 9.17) is 16.0 Å². The Bertz CT molecular complexity index is 1170. The Labute approximate surface area is 161 Å². The molecular weight excluding hydrogens is 352 g/mol. The van der Waals surface area contributed by atoms with Gasteiger partial charge in [0.2, 0.25) is 5.95 Å². The summed E-state index contributed by atoms with van der Waals surface area (Å²) in [5.41, 5.74) is 9.31. The van der Waals surface area contributed by atoms with Gasteiger partial charge in [0, 0.05) is 36.4 Å². The maximum Gasteiger partial charge on any atom is 0.219 e. The summed E-state index contributed by atoms with van der Waals surface area (Å²) in [6, 6.07) is 4.68. The van der Waals surface area contributed by atoms with E-state index >= 15 is 0 Å². The first-order chi connectivity index (χ1) is 13.7. The fourth-order valence-corrected chi connectivity index (χ4v) is 4.34. The molecule has 8 nitrogen and oxygen atoms in total. The van der Waals surface area contributed by atoms with Crippen LogP contribution in [0.15, 0.2) is 30.9 Å². The number of H-pyrrole nitrogens is 1. The molecule has 5 rings (SSSR count). The second-order valence-corrected chi connectivity index (χ2v) is 7.40. The number of hydrogen-bond donors (Lipinski definition) is 2. The predicted molar refractivity (Wildman–Crippen MR) is 106 cm³/mol. The van der Waals surface area contributed by atoms with Gasteiger partial charge in [-0.2, -0.15) is 5.26 Å². The largest absolute Gasteiger partial charge is 0.368 e. The number of nitrogens with one attached hydrogen (secondary N) is 1.